The molecule has 5 nitrogen and oxygen atoms in total. The minimum atomic E-state index is -0.532. The number of benzene rings is 1. The van der Waals surface area contributed by atoms with E-state index in [1.54, 1.807) is 0 Å². The molecule has 1 aromatic carbocycles. The average Bonchev–Trinajstić information content (AvgIpc) is 2.95. The first kappa shape index (κ1) is 18.8. The molecule has 0 saturated carbocycles. The molecule has 132 valence electrons. The van der Waals surface area contributed by atoms with E-state index >= 15 is 0 Å². The summed E-state index contributed by atoms with van der Waals surface area (Å²) >= 11 is 3.43. The van der Waals surface area contributed by atoms with E-state index in [4.69, 9.17) is 4.74 Å². The third-order valence-electron chi connectivity index (χ3n) is 3.84. The van der Waals surface area contributed by atoms with E-state index in [1.165, 1.54) is 0 Å². The molecule has 24 heavy (non-hydrogen) atoms. The van der Waals surface area contributed by atoms with Gasteiger partial charge in [0, 0.05) is 24.0 Å². The molecule has 1 saturated heterocycles. The highest BCUT2D eigenvalue weighted by Gasteiger charge is 2.29. The molecule has 1 aliphatic heterocycles. The quantitative estimate of drug-likeness (QED) is 0.835. The van der Waals surface area contributed by atoms with Crippen molar-refractivity contribution in [1.82, 2.24) is 10.2 Å². The topological polar surface area (TPSA) is 58.6 Å². The first-order chi connectivity index (χ1) is 11.3. The lowest BCUT2D eigenvalue weighted by Crippen LogP contribution is -2.36. The van der Waals surface area contributed by atoms with Gasteiger partial charge in [-0.3, -0.25) is 4.79 Å². The Labute approximate surface area is 151 Å². The summed E-state index contributed by atoms with van der Waals surface area (Å²) in [6, 6.07) is 8.24. The van der Waals surface area contributed by atoms with Crippen molar-refractivity contribution in [3.63, 3.8) is 0 Å². The van der Waals surface area contributed by atoms with Gasteiger partial charge in [0.05, 0.1) is 6.04 Å². The molecule has 1 N–H and O–H groups in total. The largest absolute Gasteiger partial charge is 0.444 e. The second-order valence-corrected chi connectivity index (χ2v) is 7.89. The summed E-state index contributed by atoms with van der Waals surface area (Å²) < 4.78 is 6.20. The molecule has 1 aromatic rings. The van der Waals surface area contributed by atoms with Crippen LogP contribution in [0.25, 0.3) is 0 Å². The van der Waals surface area contributed by atoms with Gasteiger partial charge in [0.25, 0.3) is 0 Å². The highest BCUT2D eigenvalue weighted by atomic mass is 79.9. The van der Waals surface area contributed by atoms with Crippen LogP contribution >= 0.6 is 15.9 Å². The molecule has 0 aliphatic carbocycles. The van der Waals surface area contributed by atoms with Gasteiger partial charge in [-0.25, -0.2) is 4.79 Å². The highest BCUT2D eigenvalue weighted by Crippen LogP contribution is 2.32. The van der Waals surface area contributed by atoms with Gasteiger partial charge in [-0.05, 0) is 51.3 Å². The van der Waals surface area contributed by atoms with Crippen LogP contribution in [0.2, 0.25) is 0 Å². The van der Waals surface area contributed by atoms with Crippen molar-refractivity contribution in [2.24, 2.45) is 0 Å². The number of alkyl carbamates (subject to hydrolysis) is 1. The molecule has 1 aliphatic rings. The van der Waals surface area contributed by atoms with Crippen molar-refractivity contribution >= 4 is 27.9 Å². The molecule has 1 unspecified atom stereocenters. The van der Waals surface area contributed by atoms with Gasteiger partial charge in [-0.2, -0.15) is 0 Å². The fraction of sp³-hybridized carbons (Fsp3) is 0.556. The zero-order chi connectivity index (χ0) is 17.7. The van der Waals surface area contributed by atoms with E-state index in [9.17, 15) is 9.59 Å². The minimum Gasteiger partial charge on any atom is -0.444 e. The Hall–Kier alpha value is -1.56. The number of nitrogens with zero attached hydrogens (tertiary/aromatic N) is 1. The Morgan fingerprint density at radius 1 is 1.29 bits per heavy atom. The first-order valence-electron chi connectivity index (χ1n) is 8.28. The molecule has 0 bridgehead atoms. The Morgan fingerprint density at radius 3 is 2.58 bits per heavy atom. The van der Waals surface area contributed by atoms with Crippen molar-refractivity contribution in [2.75, 3.05) is 13.1 Å². The molecule has 0 aromatic heterocycles. The lowest BCUT2D eigenvalue weighted by atomic mass is 10.0. The van der Waals surface area contributed by atoms with Gasteiger partial charge in [-0.15, -0.1) is 0 Å². The van der Waals surface area contributed by atoms with E-state index < -0.39 is 11.7 Å². The number of hydrogen-bond acceptors (Lipinski definition) is 3. The molecule has 6 heteroatoms. The Bertz CT molecular complexity index is 581. The highest BCUT2D eigenvalue weighted by molar-refractivity contribution is 9.10. The summed E-state index contributed by atoms with van der Waals surface area (Å²) in [5.74, 6) is 0.0662. The number of hydrogen-bond donors (Lipinski definition) is 1. The van der Waals surface area contributed by atoms with Crippen LogP contribution in [0.4, 0.5) is 4.79 Å². The number of nitrogens with one attached hydrogen (secondary N) is 1. The van der Waals surface area contributed by atoms with E-state index in [1.807, 2.05) is 37.8 Å². The molecular formula is C18H25BrN2O3. The summed E-state index contributed by atoms with van der Waals surface area (Å²) in [6.45, 7) is 6.49. The summed E-state index contributed by atoms with van der Waals surface area (Å²) in [5.41, 5.74) is 0.625. The minimum absolute atomic E-state index is 0.0662. The Balaban J connectivity index is 1.85. The maximum absolute atomic E-state index is 12.5. The molecule has 0 spiro atoms. The van der Waals surface area contributed by atoms with Crippen LogP contribution < -0.4 is 5.32 Å². The Kier molecular flexibility index (Phi) is 6.27. The summed E-state index contributed by atoms with van der Waals surface area (Å²) in [7, 11) is 0. The second-order valence-electron chi connectivity index (χ2n) is 6.98. The van der Waals surface area contributed by atoms with Gasteiger partial charge >= 0.3 is 6.09 Å². The fourth-order valence-corrected chi connectivity index (χ4v) is 3.09. The third-order valence-corrected chi connectivity index (χ3v) is 4.36. The fourth-order valence-electron chi connectivity index (χ4n) is 2.83. The molecular weight excluding hydrogens is 372 g/mol. The summed E-state index contributed by atoms with van der Waals surface area (Å²) in [5, 5.41) is 2.64. The Morgan fingerprint density at radius 2 is 1.96 bits per heavy atom. The third kappa shape index (κ3) is 5.51. The lowest BCUT2D eigenvalue weighted by molar-refractivity contribution is -0.132. The summed E-state index contributed by atoms with van der Waals surface area (Å²) in [6.07, 6.45) is 1.78. The van der Waals surface area contributed by atoms with Crippen LogP contribution in [0.1, 0.15) is 51.6 Å². The van der Waals surface area contributed by atoms with Gasteiger partial charge in [0.15, 0.2) is 0 Å². The second kappa shape index (κ2) is 8.01. The zero-order valence-electron chi connectivity index (χ0n) is 14.5. The van der Waals surface area contributed by atoms with Gasteiger partial charge < -0.3 is 15.0 Å². The molecule has 1 fully saturated rings. The summed E-state index contributed by atoms with van der Waals surface area (Å²) in [4.78, 5) is 26.0. The van der Waals surface area contributed by atoms with Gasteiger partial charge in [0.1, 0.15) is 5.60 Å². The predicted octanol–water partition coefficient (Wildman–Crippen LogP) is 4.03. The van der Waals surface area contributed by atoms with Crippen LogP contribution in [0.5, 0.6) is 0 Å². The van der Waals surface area contributed by atoms with Crippen molar-refractivity contribution in [3.8, 4) is 0 Å². The molecule has 1 atom stereocenters. The number of rotatable bonds is 4. The smallest absolute Gasteiger partial charge is 0.407 e. The molecule has 1 heterocycles. The lowest BCUT2D eigenvalue weighted by Gasteiger charge is -2.25. The number of halogens is 1. The number of carbonyl (C=O) groups excluding carboxylic acids is 2. The monoisotopic (exact) mass is 396 g/mol. The van der Waals surface area contributed by atoms with Crippen LogP contribution in [-0.4, -0.2) is 35.6 Å². The number of likely N-dealkylation sites (tertiary alicyclic amines) is 1. The van der Waals surface area contributed by atoms with E-state index in [0.29, 0.717) is 0 Å². The number of carbonyl (C=O) groups is 2. The molecule has 0 radical (unpaired) electrons. The maximum atomic E-state index is 12.5. The maximum Gasteiger partial charge on any atom is 0.407 e. The molecule has 2 rings (SSSR count). The standard InChI is InChI=1S/C18H25BrN2O3/c1-18(2,3)24-17(23)20-11-10-16(22)21-12-4-5-15(21)13-6-8-14(19)9-7-13/h6-9,15H,4-5,10-12H2,1-3H3,(H,20,23). The predicted molar refractivity (Wildman–Crippen MR) is 96.7 cm³/mol. The van der Waals surface area contributed by atoms with Crippen LogP contribution in [0.3, 0.4) is 0 Å². The van der Waals surface area contributed by atoms with Crippen molar-refractivity contribution in [2.45, 2.75) is 51.7 Å². The average molecular weight is 397 g/mol. The van der Waals surface area contributed by atoms with E-state index in [2.05, 4.69) is 33.4 Å². The van der Waals surface area contributed by atoms with Gasteiger partial charge in [0.2, 0.25) is 5.91 Å². The van der Waals surface area contributed by atoms with Crippen molar-refractivity contribution in [3.05, 3.63) is 34.3 Å². The van der Waals surface area contributed by atoms with Crippen molar-refractivity contribution < 1.29 is 14.3 Å². The normalized spacial score (nSPS) is 17.7. The van der Waals surface area contributed by atoms with Crippen molar-refractivity contribution in [1.29, 1.82) is 0 Å². The van der Waals surface area contributed by atoms with Crippen LogP contribution in [0.15, 0.2) is 28.7 Å². The first-order valence-corrected chi connectivity index (χ1v) is 9.07. The van der Waals surface area contributed by atoms with Gasteiger partial charge in [-0.1, -0.05) is 28.1 Å². The van der Waals surface area contributed by atoms with E-state index in [0.717, 1.165) is 29.4 Å². The van der Waals surface area contributed by atoms with E-state index in [-0.39, 0.29) is 24.9 Å². The molecule has 2 amide bonds. The van der Waals surface area contributed by atoms with Crippen LogP contribution in [0, 0.1) is 0 Å². The number of ether oxygens (including phenoxy) is 1. The van der Waals surface area contributed by atoms with Crippen LogP contribution in [-0.2, 0) is 9.53 Å². The SMILES string of the molecule is CC(C)(C)OC(=O)NCCC(=O)N1CCCC1c1ccc(Br)cc1. The zero-order valence-corrected chi connectivity index (χ0v) is 16.1. The number of amides is 2.